The fraction of sp³-hybridized carbons (Fsp3) is 0.429. The molecule has 24 heavy (non-hydrogen) atoms. The third-order valence-corrected chi connectivity index (χ3v) is 3.44. The molecule has 0 amide bonds. The zero-order valence-corrected chi connectivity index (χ0v) is 17.5. The third-order valence-electron chi connectivity index (χ3n) is 3.08. The first-order valence-corrected chi connectivity index (χ1v) is 9.89. The zero-order valence-electron chi connectivity index (χ0n) is 15.4. The van der Waals surface area contributed by atoms with E-state index in [0.717, 1.165) is 30.3 Å². The predicted octanol–water partition coefficient (Wildman–Crippen LogP) is 6.62. The van der Waals surface area contributed by atoms with Crippen LogP contribution < -0.4 is 9.47 Å². The number of hydrogen-bond donors (Lipinski definition) is 0. The van der Waals surface area contributed by atoms with Gasteiger partial charge >= 0.3 is 0 Å². The Hall–Kier alpha value is -1.23. The van der Waals surface area contributed by atoms with Crippen molar-refractivity contribution < 1.29 is 9.47 Å². The normalized spacial score (nSPS) is 11.5. The summed E-state index contributed by atoms with van der Waals surface area (Å²) in [6, 6.07) is 16.5. The monoisotopic (exact) mass is 440 g/mol. The number of benzene rings is 2. The highest BCUT2D eigenvalue weighted by atomic mass is 127. The Bertz CT molecular complexity index is 577. The Morgan fingerprint density at radius 2 is 1.42 bits per heavy atom. The Morgan fingerprint density at radius 1 is 0.792 bits per heavy atom. The van der Waals surface area contributed by atoms with Crippen molar-refractivity contribution in [2.45, 2.75) is 38.5 Å². The van der Waals surface area contributed by atoms with E-state index in [0.29, 0.717) is 9.84 Å². The first-order chi connectivity index (χ1) is 11.5. The quantitative estimate of drug-likeness (QED) is 0.356. The summed E-state index contributed by atoms with van der Waals surface area (Å²) in [5.74, 6) is 2.37. The van der Waals surface area contributed by atoms with Gasteiger partial charge in [-0.2, -0.15) is 0 Å². The summed E-state index contributed by atoms with van der Waals surface area (Å²) in [6.07, 6.45) is 0. The van der Waals surface area contributed by atoms with Crippen LogP contribution in [0.4, 0.5) is 0 Å². The van der Waals surface area contributed by atoms with Crippen molar-refractivity contribution in [3.05, 3.63) is 48.5 Å². The molecule has 2 nitrogen and oxygen atoms in total. The second-order valence-corrected chi connectivity index (χ2v) is 7.98. The number of rotatable bonds is 7. The van der Waals surface area contributed by atoms with Crippen LogP contribution in [-0.4, -0.2) is 17.1 Å². The van der Waals surface area contributed by atoms with Gasteiger partial charge in [0.2, 0.25) is 0 Å². The van der Waals surface area contributed by atoms with E-state index in [2.05, 4.69) is 67.6 Å². The molecule has 0 aliphatic heterocycles. The van der Waals surface area contributed by atoms with E-state index in [1.54, 1.807) is 0 Å². The van der Waals surface area contributed by atoms with Crippen molar-refractivity contribution in [2.75, 3.05) is 13.2 Å². The highest BCUT2D eigenvalue weighted by Gasteiger charge is 2.03. The van der Waals surface area contributed by atoms with Gasteiger partial charge in [-0.25, -0.2) is 0 Å². The minimum absolute atomic E-state index is 0.507. The Morgan fingerprint density at radius 3 is 2.00 bits per heavy atom. The highest BCUT2D eigenvalue weighted by Crippen LogP contribution is 2.26. The van der Waals surface area contributed by atoms with Crippen molar-refractivity contribution in [1.82, 2.24) is 0 Å². The first kappa shape index (κ1) is 20.8. The molecule has 0 heterocycles. The minimum Gasteiger partial charge on any atom is -0.493 e. The lowest BCUT2D eigenvalue weighted by Gasteiger charge is -2.11. The predicted molar refractivity (Wildman–Crippen MR) is 113 cm³/mol. The molecule has 2 aromatic carbocycles. The van der Waals surface area contributed by atoms with E-state index in [4.69, 9.17) is 9.47 Å². The van der Waals surface area contributed by atoms with Gasteiger partial charge in [0.1, 0.15) is 11.5 Å². The molecule has 0 spiro atoms. The second-order valence-electron chi connectivity index (χ2n) is 5.85. The summed E-state index contributed by atoms with van der Waals surface area (Å²) in [5.41, 5.74) is 2.33. The molecule has 0 saturated heterocycles. The number of ether oxygens (including phenoxy) is 2. The van der Waals surface area contributed by atoms with Gasteiger partial charge < -0.3 is 9.47 Å². The van der Waals surface area contributed by atoms with Gasteiger partial charge in [0.05, 0.1) is 13.2 Å². The SMILES string of the molecule is CC.CC(C)COc1cccc(-c2ccc(OCC(C)I)cc2)c1. The van der Waals surface area contributed by atoms with Gasteiger partial charge in [0.15, 0.2) is 0 Å². The molecule has 0 aromatic heterocycles. The van der Waals surface area contributed by atoms with Crippen LogP contribution in [-0.2, 0) is 0 Å². The van der Waals surface area contributed by atoms with E-state index < -0.39 is 0 Å². The van der Waals surface area contributed by atoms with Crippen LogP contribution in [0.15, 0.2) is 48.5 Å². The van der Waals surface area contributed by atoms with Crippen LogP contribution in [0.25, 0.3) is 11.1 Å². The average Bonchev–Trinajstić information content (AvgIpc) is 2.60. The Balaban J connectivity index is 0.00000139. The molecule has 1 unspecified atom stereocenters. The van der Waals surface area contributed by atoms with Gasteiger partial charge in [0.25, 0.3) is 0 Å². The first-order valence-electron chi connectivity index (χ1n) is 8.65. The molecule has 1 atom stereocenters. The summed E-state index contributed by atoms with van der Waals surface area (Å²) in [6.45, 7) is 11.9. The molecular formula is C21H29IO2. The summed E-state index contributed by atoms with van der Waals surface area (Å²) < 4.78 is 12.0. The smallest absolute Gasteiger partial charge is 0.119 e. The molecule has 132 valence electrons. The molecular weight excluding hydrogens is 411 g/mol. The number of hydrogen-bond acceptors (Lipinski definition) is 2. The minimum atomic E-state index is 0.507. The maximum absolute atomic E-state index is 5.79. The summed E-state index contributed by atoms with van der Waals surface area (Å²) >= 11 is 2.36. The van der Waals surface area contributed by atoms with E-state index >= 15 is 0 Å². The van der Waals surface area contributed by atoms with Crippen LogP contribution in [0, 0.1) is 5.92 Å². The van der Waals surface area contributed by atoms with Crippen LogP contribution in [0.3, 0.4) is 0 Å². The van der Waals surface area contributed by atoms with Gasteiger partial charge in [-0.05, 0) is 41.3 Å². The molecule has 0 bridgehead atoms. The van der Waals surface area contributed by atoms with E-state index in [9.17, 15) is 0 Å². The lowest BCUT2D eigenvalue weighted by molar-refractivity contribution is 0.271. The highest BCUT2D eigenvalue weighted by molar-refractivity contribution is 14.1. The van der Waals surface area contributed by atoms with Crippen molar-refractivity contribution >= 4 is 22.6 Å². The van der Waals surface area contributed by atoms with E-state index in [1.165, 1.54) is 5.56 Å². The van der Waals surface area contributed by atoms with Gasteiger partial charge in [-0.1, -0.05) is 81.5 Å². The molecule has 0 aliphatic rings. The van der Waals surface area contributed by atoms with Gasteiger partial charge in [-0.3, -0.25) is 0 Å². The van der Waals surface area contributed by atoms with Gasteiger partial charge in [0, 0.05) is 3.92 Å². The van der Waals surface area contributed by atoms with Crippen molar-refractivity contribution in [2.24, 2.45) is 5.92 Å². The lowest BCUT2D eigenvalue weighted by Crippen LogP contribution is -2.06. The van der Waals surface area contributed by atoms with Crippen LogP contribution in [0.5, 0.6) is 11.5 Å². The van der Waals surface area contributed by atoms with Gasteiger partial charge in [-0.15, -0.1) is 0 Å². The Labute approximate surface area is 160 Å². The summed E-state index contributed by atoms with van der Waals surface area (Å²) in [5, 5.41) is 0. The topological polar surface area (TPSA) is 18.5 Å². The average molecular weight is 440 g/mol. The molecule has 2 aromatic rings. The molecule has 0 radical (unpaired) electrons. The molecule has 0 saturated carbocycles. The summed E-state index contributed by atoms with van der Waals surface area (Å²) in [4.78, 5) is 0. The largest absolute Gasteiger partial charge is 0.493 e. The van der Waals surface area contributed by atoms with Crippen molar-refractivity contribution in [1.29, 1.82) is 0 Å². The maximum atomic E-state index is 5.79. The molecule has 2 rings (SSSR count). The zero-order chi connectivity index (χ0) is 17.9. The lowest BCUT2D eigenvalue weighted by atomic mass is 10.1. The maximum Gasteiger partial charge on any atom is 0.119 e. The Kier molecular flexibility index (Phi) is 9.84. The number of alkyl halides is 1. The standard InChI is InChI=1S/C19H23IO2.C2H6/c1-14(2)12-21-19-6-4-5-17(11-19)16-7-9-18(10-8-16)22-13-15(3)20;1-2/h4-11,14-15H,12-13H2,1-3H3;1-2H3. The van der Waals surface area contributed by atoms with Crippen molar-refractivity contribution in [3.63, 3.8) is 0 Å². The number of halogens is 1. The third kappa shape index (κ3) is 7.56. The molecule has 3 heteroatoms. The van der Waals surface area contributed by atoms with Crippen LogP contribution in [0.2, 0.25) is 0 Å². The summed E-state index contributed by atoms with van der Waals surface area (Å²) in [7, 11) is 0. The molecule has 0 N–H and O–H groups in total. The van der Waals surface area contributed by atoms with E-state index in [-0.39, 0.29) is 0 Å². The van der Waals surface area contributed by atoms with E-state index in [1.807, 2.05) is 38.1 Å². The van der Waals surface area contributed by atoms with Crippen LogP contribution in [0.1, 0.15) is 34.6 Å². The van der Waals surface area contributed by atoms with Crippen LogP contribution >= 0.6 is 22.6 Å². The fourth-order valence-electron chi connectivity index (χ4n) is 1.98. The fourth-order valence-corrected chi connectivity index (χ4v) is 2.16. The van der Waals surface area contributed by atoms with Crippen molar-refractivity contribution in [3.8, 4) is 22.6 Å². The molecule has 0 fully saturated rings. The molecule has 0 aliphatic carbocycles. The second kappa shape index (κ2) is 11.3.